The smallest absolute Gasteiger partial charge is 0.302 e. The van der Waals surface area contributed by atoms with E-state index in [2.05, 4.69) is 15.0 Å². The van der Waals surface area contributed by atoms with Crippen LogP contribution in [0.15, 0.2) is 11.1 Å². The van der Waals surface area contributed by atoms with Gasteiger partial charge in [0.25, 0.3) is 5.56 Å². The van der Waals surface area contributed by atoms with E-state index in [1.807, 2.05) is 13.8 Å². The molecule has 0 saturated heterocycles. The van der Waals surface area contributed by atoms with Gasteiger partial charge in [0, 0.05) is 6.92 Å². The van der Waals surface area contributed by atoms with E-state index in [0.29, 0.717) is 5.65 Å². The van der Waals surface area contributed by atoms with Gasteiger partial charge in [-0.05, 0) is 13.8 Å². The van der Waals surface area contributed by atoms with Crippen LogP contribution in [-0.4, -0.2) is 51.4 Å². The molecule has 2 rings (SSSR count). The Labute approximate surface area is 137 Å². The fraction of sp³-hybridized carbons (Fsp3) is 0.571. The molecule has 10 heteroatoms. The van der Waals surface area contributed by atoms with Crippen molar-refractivity contribution in [3.8, 4) is 0 Å². The third-order valence-corrected chi connectivity index (χ3v) is 3.03. The maximum Gasteiger partial charge on any atom is 0.302 e. The summed E-state index contributed by atoms with van der Waals surface area (Å²) in [6.45, 7) is 5.57. The van der Waals surface area contributed by atoms with Gasteiger partial charge < -0.3 is 19.9 Å². The molecule has 3 N–H and O–H groups in total. The van der Waals surface area contributed by atoms with E-state index in [1.165, 1.54) is 13.3 Å². The quantitative estimate of drug-likeness (QED) is 0.514. The summed E-state index contributed by atoms with van der Waals surface area (Å²) < 4.78 is 17.7. The molecule has 10 nitrogen and oxygen atoms in total. The van der Waals surface area contributed by atoms with Gasteiger partial charge in [0.2, 0.25) is 5.95 Å². The van der Waals surface area contributed by atoms with Crippen molar-refractivity contribution in [2.24, 2.45) is 0 Å². The number of ether oxygens (including phenoxy) is 3. The first-order valence-corrected chi connectivity index (χ1v) is 7.47. The summed E-state index contributed by atoms with van der Waals surface area (Å²) in [7, 11) is 0. The lowest BCUT2D eigenvalue weighted by Gasteiger charge is -2.21. The predicted molar refractivity (Wildman–Crippen MR) is 85.3 cm³/mol. The molecule has 0 aromatic carbocycles. The van der Waals surface area contributed by atoms with Gasteiger partial charge >= 0.3 is 5.97 Å². The number of hydrogen-bond donors (Lipinski definition) is 2. The van der Waals surface area contributed by atoms with Crippen molar-refractivity contribution in [2.75, 3.05) is 25.6 Å². The Morgan fingerprint density at radius 2 is 2.12 bits per heavy atom. The van der Waals surface area contributed by atoms with Crippen LogP contribution in [0.4, 0.5) is 5.95 Å². The number of H-pyrrole nitrogens is 1. The number of aromatic amines is 1. The summed E-state index contributed by atoms with van der Waals surface area (Å²) in [5.74, 6) is -0.402. The van der Waals surface area contributed by atoms with E-state index in [0.717, 1.165) is 0 Å². The van der Waals surface area contributed by atoms with Gasteiger partial charge in [0.1, 0.15) is 6.61 Å². The summed E-state index contributed by atoms with van der Waals surface area (Å²) in [6.07, 6.45) is 0.828. The number of fused-ring (bicyclic) bond motifs is 1. The maximum atomic E-state index is 11.9. The number of anilines is 1. The Morgan fingerprint density at radius 1 is 1.38 bits per heavy atom. The molecule has 132 valence electrons. The molecule has 2 aromatic heterocycles. The van der Waals surface area contributed by atoms with E-state index in [1.54, 1.807) is 4.57 Å². The standard InChI is InChI=1S/C14H21N5O5/c1-8(2)24-6-10(23-5-4-22-9(3)20)19-7-16-11-12(19)17-14(15)18-13(11)21/h7-8,10H,4-6H2,1-3H3,(H3,15,17,18,21). The van der Waals surface area contributed by atoms with Crippen molar-refractivity contribution in [2.45, 2.75) is 33.1 Å². The van der Waals surface area contributed by atoms with Crippen molar-refractivity contribution in [1.82, 2.24) is 19.5 Å². The van der Waals surface area contributed by atoms with Crippen LogP contribution in [0.3, 0.4) is 0 Å². The van der Waals surface area contributed by atoms with Crippen LogP contribution >= 0.6 is 0 Å². The van der Waals surface area contributed by atoms with Crippen molar-refractivity contribution in [3.05, 3.63) is 16.7 Å². The number of carbonyl (C=O) groups is 1. The van der Waals surface area contributed by atoms with Crippen LogP contribution < -0.4 is 11.3 Å². The Morgan fingerprint density at radius 3 is 2.79 bits per heavy atom. The van der Waals surface area contributed by atoms with Crippen LogP contribution in [0.1, 0.15) is 27.0 Å². The predicted octanol–water partition coefficient (Wildman–Crippen LogP) is 0.205. The van der Waals surface area contributed by atoms with Crippen LogP contribution in [0.2, 0.25) is 0 Å². The van der Waals surface area contributed by atoms with Crippen LogP contribution in [0, 0.1) is 0 Å². The lowest BCUT2D eigenvalue weighted by molar-refractivity contribution is -0.145. The van der Waals surface area contributed by atoms with E-state index >= 15 is 0 Å². The zero-order valence-corrected chi connectivity index (χ0v) is 13.8. The summed E-state index contributed by atoms with van der Waals surface area (Å²) in [5, 5.41) is 0. The van der Waals surface area contributed by atoms with E-state index < -0.39 is 11.8 Å². The van der Waals surface area contributed by atoms with Crippen LogP contribution in [-0.2, 0) is 19.0 Å². The largest absolute Gasteiger partial charge is 0.463 e. The molecule has 0 aliphatic carbocycles. The SMILES string of the molecule is CC(=O)OCCOC(COC(C)C)n1cnc2c(=O)[nH]c(N)nc21. The van der Waals surface area contributed by atoms with E-state index in [-0.39, 0.29) is 43.4 Å². The fourth-order valence-electron chi connectivity index (χ4n) is 2.01. The summed E-state index contributed by atoms with van der Waals surface area (Å²) in [5.41, 5.74) is 5.61. The minimum absolute atomic E-state index is 0.0132. The summed E-state index contributed by atoms with van der Waals surface area (Å²) in [4.78, 5) is 33.2. The first-order valence-electron chi connectivity index (χ1n) is 7.47. The van der Waals surface area contributed by atoms with Gasteiger partial charge in [-0.15, -0.1) is 0 Å². The first-order chi connectivity index (χ1) is 11.4. The monoisotopic (exact) mass is 339 g/mol. The first kappa shape index (κ1) is 17.9. The number of esters is 1. The normalized spacial score (nSPS) is 12.7. The molecule has 1 atom stereocenters. The molecule has 0 aliphatic rings. The highest BCUT2D eigenvalue weighted by Gasteiger charge is 2.19. The lowest BCUT2D eigenvalue weighted by atomic mass is 10.4. The molecule has 0 spiro atoms. The topological polar surface area (TPSA) is 134 Å². The van der Waals surface area contributed by atoms with E-state index in [9.17, 15) is 9.59 Å². The molecule has 0 radical (unpaired) electrons. The third kappa shape index (κ3) is 4.52. The molecular weight excluding hydrogens is 318 g/mol. The van der Waals surface area contributed by atoms with Crippen molar-refractivity contribution in [1.29, 1.82) is 0 Å². The minimum Gasteiger partial charge on any atom is -0.463 e. The Hall–Kier alpha value is -2.46. The molecule has 0 fully saturated rings. The average molecular weight is 339 g/mol. The highest BCUT2D eigenvalue weighted by Crippen LogP contribution is 2.16. The van der Waals surface area contributed by atoms with Gasteiger partial charge in [0.05, 0.1) is 25.6 Å². The van der Waals surface area contributed by atoms with E-state index in [4.69, 9.17) is 19.9 Å². The number of rotatable bonds is 8. The van der Waals surface area contributed by atoms with Gasteiger partial charge in [-0.3, -0.25) is 19.1 Å². The second kappa shape index (κ2) is 7.88. The number of carbonyl (C=O) groups excluding carboxylic acids is 1. The average Bonchev–Trinajstić information content (AvgIpc) is 2.90. The second-order valence-corrected chi connectivity index (χ2v) is 5.32. The van der Waals surface area contributed by atoms with Crippen molar-refractivity contribution in [3.63, 3.8) is 0 Å². The third-order valence-electron chi connectivity index (χ3n) is 3.03. The molecule has 0 bridgehead atoms. The Balaban J connectivity index is 2.22. The van der Waals surface area contributed by atoms with Crippen molar-refractivity contribution < 1.29 is 19.0 Å². The zero-order chi connectivity index (χ0) is 17.7. The highest BCUT2D eigenvalue weighted by atomic mass is 16.6. The van der Waals surface area contributed by atoms with Gasteiger partial charge in [-0.1, -0.05) is 0 Å². The molecule has 1 unspecified atom stereocenters. The molecule has 0 aliphatic heterocycles. The number of aromatic nitrogens is 4. The molecule has 0 amide bonds. The number of nitrogen functional groups attached to an aromatic ring is 1. The Kier molecular flexibility index (Phi) is 5.88. The summed E-state index contributed by atoms with van der Waals surface area (Å²) in [6, 6.07) is 0. The number of hydrogen-bond acceptors (Lipinski definition) is 8. The molecule has 2 heterocycles. The fourth-order valence-corrected chi connectivity index (χ4v) is 2.01. The molecule has 0 saturated carbocycles. The van der Waals surface area contributed by atoms with Gasteiger partial charge in [0.15, 0.2) is 17.4 Å². The van der Waals surface area contributed by atoms with Crippen LogP contribution in [0.5, 0.6) is 0 Å². The second-order valence-electron chi connectivity index (χ2n) is 5.32. The van der Waals surface area contributed by atoms with Crippen molar-refractivity contribution >= 4 is 23.1 Å². The zero-order valence-electron chi connectivity index (χ0n) is 13.8. The molecule has 24 heavy (non-hydrogen) atoms. The number of nitrogens with one attached hydrogen (secondary N) is 1. The van der Waals surface area contributed by atoms with Crippen LogP contribution in [0.25, 0.3) is 11.2 Å². The molecular formula is C14H21N5O5. The van der Waals surface area contributed by atoms with Gasteiger partial charge in [-0.2, -0.15) is 4.98 Å². The summed E-state index contributed by atoms with van der Waals surface area (Å²) >= 11 is 0. The number of nitrogens with zero attached hydrogens (tertiary/aromatic N) is 3. The lowest BCUT2D eigenvalue weighted by Crippen LogP contribution is -2.23. The highest BCUT2D eigenvalue weighted by molar-refractivity contribution is 5.70. The molecule has 2 aromatic rings. The number of nitrogens with two attached hydrogens (primary N) is 1. The number of imidazole rings is 1. The Bertz CT molecular complexity index is 754. The maximum absolute atomic E-state index is 11.9. The minimum atomic E-state index is -0.596. The van der Waals surface area contributed by atoms with Gasteiger partial charge in [-0.25, -0.2) is 4.98 Å².